The zero-order valence-electron chi connectivity index (χ0n) is 14.7. The first kappa shape index (κ1) is 18.1. The Morgan fingerprint density at radius 3 is 2.36 bits per heavy atom. The van der Waals surface area contributed by atoms with Crippen molar-refractivity contribution in [1.29, 1.82) is 0 Å². The number of aliphatic hydroxyl groups is 1. The van der Waals surface area contributed by atoms with Crippen LogP contribution in [0.1, 0.15) is 16.3 Å². The van der Waals surface area contributed by atoms with Crippen molar-refractivity contribution in [3.63, 3.8) is 0 Å². The molecule has 0 saturated carbocycles. The molecule has 1 amide bonds. The van der Waals surface area contributed by atoms with Crippen molar-refractivity contribution >= 4 is 23.2 Å². The largest absolute Gasteiger partial charge is 0.459 e. The monoisotopic (exact) mass is 393 g/mol. The second-order valence-corrected chi connectivity index (χ2v) is 6.57. The SMILES string of the molecule is O=C(Nc1ccc(-c2ccc(CO)o2)cc1)c1ccc(-c2cccc(Cl)c2)o1. The van der Waals surface area contributed by atoms with Crippen LogP contribution in [0.25, 0.3) is 22.6 Å². The van der Waals surface area contributed by atoms with Crippen LogP contribution in [0.5, 0.6) is 0 Å². The van der Waals surface area contributed by atoms with Gasteiger partial charge in [-0.1, -0.05) is 23.7 Å². The molecule has 4 rings (SSSR count). The summed E-state index contributed by atoms with van der Waals surface area (Å²) in [4.78, 5) is 12.4. The van der Waals surface area contributed by atoms with E-state index < -0.39 is 0 Å². The van der Waals surface area contributed by atoms with Crippen molar-refractivity contribution in [2.45, 2.75) is 6.61 Å². The number of hydrogen-bond donors (Lipinski definition) is 2. The van der Waals surface area contributed by atoms with Gasteiger partial charge in [-0.3, -0.25) is 4.79 Å². The normalized spacial score (nSPS) is 10.8. The number of furan rings is 2. The molecule has 0 unspecified atom stereocenters. The van der Waals surface area contributed by atoms with Gasteiger partial charge in [0, 0.05) is 21.8 Å². The fraction of sp³-hybridized carbons (Fsp3) is 0.0455. The average molecular weight is 394 g/mol. The maximum Gasteiger partial charge on any atom is 0.291 e. The van der Waals surface area contributed by atoms with Gasteiger partial charge in [0.15, 0.2) is 5.76 Å². The Kier molecular flexibility index (Phi) is 5.02. The number of carbonyl (C=O) groups is 1. The second-order valence-electron chi connectivity index (χ2n) is 6.13. The molecule has 0 saturated heterocycles. The lowest BCUT2D eigenvalue weighted by Crippen LogP contribution is -2.10. The predicted octanol–water partition coefficient (Wildman–Crippen LogP) is 5.60. The molecule has 2 N–H and O–H groups in total. The quantitative estimate of drug-likeness (QED) is 0.462. The minimum absolute atomic E-state index is 0.144. The number of carbonyl (C=O) groups excluding carboxylic acids is 1. The lowest BCUT2D eigenvalue weighted by atomic mass is 10.1. The molecule has 0 aliphatic heterocycles. The third kappa shape index (κ3) is 3.86. The highest BCUT2D eigenvalue weighted by atomic mass is 35.5. The third-order valence-electron chi connectivity index (χ3n) is 4.18. The summed E-state index contributed by atoms with van der Waals surface area (Å²) in [6, 6.07) is 21.3. The Morgan fingerprint density at radius 2 is 1.64 bits per heavy atom. The molecule has 2 aromatic heterocycles. The highest BCUT2D eigenvalue weighted by Crippen LogP contribution is 2.26. The summed E-state index contributed by atoms with van der Waals surface area (Å²) in [6.45, 7) is -0.144. The molecule has 2 heterocycles. The van der Waals surface area contributed by atoms with E-state index in [-0.39, 0.29) is 18.3 Å². The van der Waals surface area contributed by atoms with E-state index in [4.69, 9.17) is 25.5 Å². The van der Waals surface area contributed by atoms with Gasteiger partial charge in [0.2, 0.25) is 0 Å². The van der Waals surface area contributed by atoms with Crippen LogP contribution >= 0.6 is 11.6 Å². The van der Waals surface area contributed by atoms with Crippen LogP contribution in [0.2, 0.25) is 5.02 Å². The van der Waals surface area contributed by atoms with E-state index >= 15 is 0 Å². The van der Waals surface area contributed by atoms with E-state index in [1.165, 1.54) is 0 Å². The van der Waals surface area contributed by atoms with E-state index in [1.54, 1.807) is 48.5 Å². The number of halogens is 1. The number of hydrogen-bond acceptors (Lipinski definition) is 4. The Hall–Kier alpha value is -3.28. The maximum absolute atomic E-state index is 12.4. The van der Waals surface area contributed by atoms with Gasteiger partial charge in [0.25, 0.3) is 5.91 Å². The first-order valence-electron chi connectivity index (χ1n) is 8.59. The molecule has 5 nitrogen and oxygen atoms in total. The molecule has 0 fully saturated rings. The fourth-order valence-corrected chi connectivity index (χ4v) is 2.98. The third-order valence-corrected chi connectivity index (χ3v) is 4.42. The van der Waals surface area contributed by atoms with Gasteiger partial charge in [0.05, 0.1) is 0 Å². The van der Waals surface area contributed by atoms with Gasteiger partial charge in [-0.05, 0) is 60.7 Å². The number of anilines is 1. The van der Waals surface area contributed by atoms with Crippen LogP contribution in [-0.4, -0.2) is 11.0 Å². The van der Waals surface area contributed by atoms with Crippen molar-refractivity contribution in [2.24, 2.45) is 0 Å². The Morgan fingerprint density at radius 1 is 0.893 bits per heavy atom. The van der Waals surface area contributed by atoms with E-state index in [0.717, 1.165) is 11.1 Å². The molecule has 6 heteroatoms. The minimum atomic E-state index is -0.346. The van der Waals surface area contributed by atoms with E-state index in [1.807, 2.05) is 24.3 Å². The van der Waals surface area contributed by atoms with Crippen LogP contribution in [0, 0.1) is 0 Å². The van der Waals surface area contributed by atoms with Gasteiger partial charge < -0.3 is 19.3 Å². The second kappa shape index (κ2) is 7.76. The molecule has 0 bridgehead atoms. The van der Waals surface area contributed by atoms with Crippen LogP contribution < -0.4 is 5.32 Å². The summed E-state index contributed by atoms with van der Waals surface area (Å²) in [5, 5.41) is 12.5. The van der Waals surface area contributed by atoms with Gasteiger partial charge in [-0.15, -0.1) is 0 Å². The zero-order chi connectivity index (χ0) is 19.5. The van der Waals surface area contributed by atoms with Crippen LogP contribution in [0.4, 0.5) is 5.69 Å². The predicted molar refractivity (Wildman–Crippen MR) is 107 cm³/mol. The molecule has 140 valence electrons. The summed E-state index contributed by atoms with van der Waals surface area (Å²) < 4.78 is 11.2. The van der Waals surface area contributed by atoms with E-state index in [0.29, 0.717) is 28.0 Å². The molecular weight excluding hydrogens is 378 g/mol. The molecular formula is C22H16ClNO4. The average Bonchev–Trinajstić information content (AvgIpc) is 3.38. The van der Waals surface area contributed by atoms with Crippen molar-refractivity contribution < 1.29 is 18.7 Å². The molecule has 0 atom stereocenters. The maximum atomic E-state index is 12.4. The van der Waals surface area contributed by atoms with Crippen LogP contribution in [0.15, 0.2) is 81.6 Å². The molecule has 0 aliphatic rings. The number of benzene rings is 2. The summed E-state index contributed by atoms with van der Waals surface area (Å²) in [7, 11) is 0. The van der Waals surface area contributed by atoms with Crippen LogP contribution in [-0.2, 0) is 6.61 Å². The lowest BCUT2D eigenvalue weighted by Gasteiger charge is -2.04. The molecule has 0 aliphatic carbocycles. The summed E-state index contributed by atoms with van der Waals surface area (Å²) in [5.74, 6) is 1.58. The topological polar surface area (TPSA) is 75.6 Å². The molecule has 2 aromatic carbocycles. The summed E-state index contributed by atoms with van der Waals surface area (Å²) in [5.41, 5.74) is 2.28. The van der Waals surface area contributed by atoms with Crippen molar-refractivity contribution in [1.82, 2.24) is 0 Å². The zero-order valence-corrected chi connectivity index (χ0v) is 15.4. The number of rotatable bonds is 5. The highest BCUT2D eigenvalue weighted by molar-refractivity contribution is 6.30. The molecule has 0 spiro atoms. The Bertz CT molecular complexity index is 1110. The van der Waals surface area contributed by atoms with Gasteiger partial charge >= 0.3 is 0 Å². The fourth-order valence-electron chi connectivity index (χ4n) is 2.79. The summed E-state index contributed by atoms with van der Waals surface area (Å²) >= 11 is 6.00. The Balaban J connectivity index is 1.46. The van der Waals surface area contributed by atoms with Crippen molar-refractivity contribution in [3.8, 4) is 22.6 Å². The summed E-state index contributed by atoms with van der Waals surface area (Å²) in [6.07, 6.45) is 0. The first-order chi connectivity index (χ1) is 13.6. The number of nitrogens with one attached hydrogen (secondary N) is 1. The first-order valence-corrected chi connectivity index (χ1v) is 8.97. The van der Waals surface area contributed by atoms with Crippen molar-refractivity contribution in [2.75, 3.05) is 5.32 Å². The Labute approximate surface area is 166 Å². The molecule has 28 heavy (non-hydrogen) atoms. The number of aliphatic hydroxyl groups excluding tert-OH is 1. The minimum Gasteiger partial charge on any atom is -0.459 e. The van der Waals surface area contributed by atoms with Crippen molar-refractivity contribution in [3.05, 3.63) is 89.3 Å². The standard InChI is InChI=1S/C22H16ClNO4/c23-16-3-1-2-15(12-16)20-10-11-21(28-20)22(26)24-17-6-4-14(5-7-17)19-9-8-18(13-25)27-19/h1-12,25H,13H2,(H,24,26). The lowest BCUT2D eigenvalue weighted by molar-refractivity contribution is 0.0997. The van der Waals surface area contributed by atoms with Crippen LogP contribution in [0.3, 0.4) is 0 Å². The highest BCUT2D eigenvalue weighted by Gasteiger charge is 2.13. The molecule has 4 aromatic rings. The number of amides is 1. The smallest absolute Gasteiger partial charge is 0.291 e. The molecule has 0 radical (unpaired) electrons. The van der Waals surface area contributed by atoms with Gasteiger partial charge in [0.1, 0.15) is 23.9 Å². The van der Waals surface area contributed by atoms with Gasteiger partial charge in [-0.2, -0.15) is 0 Å². The van der Waals surface area contributed by atoms with Gasteiger partial charge in [-0.25, -0.2) is 0 Å². The van der Waals surface area contributed by atoms with E-state index in [9.17, 15) is 4.79 Å². The van der Waals surface area contributed by atoms with E-state index in [2.05, 4.69) is 5.32 Å².